The number of para-hydroxylation sites is 2. The fraction of sp³-hybridized carbons (Fsp3) is 0.222. The predicted octanol–water partition coefficient (Wildman–Crippen LogP) is 2.61. The Bertz CT molecular complexity index is 920. The van der Waals surface area contributed by atoms with Gasteiger partial charge in [-0.2, -0.15) is 4.68 Å². The Morgan fingerprint density at radius 3 is 2.79 bits per heavy atom. The minimum atomic E-state index is -0.140. The van der Waals surface area contributed by atoms with E-state index in [1.54, 1.807) is 36.1 Å². The fourth-order valence-electron chi connectivity index (χ4n) is 2.30. The van der Waals surface area contributed by atoms with Crippen molar-refractivity contribution in [2.24, 2.45) is 0 Å². The molecular weight excluding hydrogens is 402 g/mol. The van der Waals surface area contributed by atoms with Crippen LogP contribution < -0.4 is 14.8 Å². The largest absolute Gasteiger partial charge is 0.494 e. The van der Waals surface area contributed by atoms with Gasteiger partial charge in [0.15, 0.2) is 0 Å². The van der Waals surface area contributed by atoms with Gasteiger partial charge < -0.3 is 14.8 Å². The van der Waals surface area contributed by atoms with Crippen LogP contribution in [0.3, 0.4) is 0 Å². The highest BCUT2D eigenvalue weighted by Gasteiger charge is 2.14. The van der Waals surface area contributed by atoms with Crippen LogP contribution in [0.25, 0.3) is 5.69 Å². The van der Waals surface area contributed by atoms with E-state index in [0.717, 1.165) is 0 Å². The number of carbonyl (C=O) groups excluding carboxylic acids is 1. The number of thioether (sulfide) groups is 1. The Hall–Kier alpha value is -2.78. The van der Waals surface area contributed by atoms with Gasteiger partial charge in [0.2, 0.25) is 11.1 Å². The monoisotopic (exact) mass is 419 g/mol. The van der Waals surface area contributed by atoms with Gasteiger partial charge in [0.1, 0.15) is 23.8 Å². The normalized spacial score (nSPS) is 10.5. The Balaban J connectivity index is 1.46. The number of hydrogen-bond acceptors (Lipinski definition) is 7. The molecule has 146 valence electrons. The zero-order valence-electron chi connectivity index (χ0n) is 15.0. The molecule has 0 aliphatic heterocycles. The van der Waals surface area contributed by atoms with Crippen LogP contribution in [0.15, 0.2) is 53.7 Å². The molecule has 0 saturated carbocycles. The molecule has 0 spiro atoms. The van der Waals surface area contributed by atoms with Crippen LogP contribution in [0.1, 0.15) is 0 Å². The standard InChI is InChI=1S/C18H18ClN5O3S/c1-26-16-5-3-2-4-15(16)24-18(21-22-23-24)28-12-17(25)20-10-11-27-14-8-6-13(19)7-9-14/h2-9H,10-12H2,1H3,(H,20,25). The summed E-state index contributed by atoms with van der Waals surface area (Å²) in [6.45, 7) is 0.746. The van der Waals surface area contributed by atoms with Crippen molar-refractivity contribution in [1.82, 2.24) is 25.5 Å². The lowest BCUT2D eigenvalue weighted by atomic mass is 10.3. The average molecular weight is 420 g/mol. The molecule has 0 fully saturated rings. The van der Waals surface area contributed by atoms with Crippen molar-refractivity contribution in [3.05, 3.63) is 53.6 Å². The predicted molar refractivity (Wildman–Crippen MR) is 106 cm³/mol. The van der Waals surface area contributed by atoms with Gasteiger partial charge in [-0.25, -0.2) is 0 Å². The second-order valence-corrected chi connectivity index (χ2v) is 6.87. The quantitative estimate of drug-likeness (QED) is 0.421. The molecular formula is C18H18ClN5O3S. The maximum atomic E-state index is 12.1. The molecule has 2 aromatic carbocycles. The molecule has 3 aromatic rings. The first-order chi connectivity index (χ1) is 13.7. The minimum Gasteiger partial charge on any atom is -0.494 e. The molecule has 0 aliphatic carbocycles. The first-order valence-electron chi connectivity index (χ1n) is 8.37. The summed E-state index contributed by atoms with van der Waals surface area (Å²) in [4.78, 5) is 12.1. The van der Waals surface area contributed by atoms with E-state index >= 15 is 0 Å². The first kappa shape index (κ1) is 20.0. The van der Waals surface area contributed by atoms with Crippen LogP contribution in [0.4, 0.5) is 0 Å². The van der Waals surface area contributed by atoms with Gasteiger partial charge in [-0.05, 0) is 46.8 Å². The van der Waals surface area contributed by atoms with Gasteiger partial charge in [0, 0.05) is 5.02 Å². The second-order valence-electron chi connectivity index (χ2n) is 5.49. The summed E-state index contributed by atoms with van der Waals surface area (Å²) < 4.78 is 12.4. The van der Waals surface area contributed by atoms with Crippen molar-refractivity contribution < 1.29 is 14.3 Å². The number of benzene rings is 2. The third-order valence-electron chi connectivity index (χ3n) is 3.59. The molecule has 0 saturated heterocycles. The Morgan fingerprint density at radius 1 is 1.21 bits per heavy atom. The number of ether oxygens (including phenoxy) is 2. The van der Waals surface area contributed by atoms with E-state index in [-0.39, 0.29) is 11.7 Å². The summed E-state index contributed by atoms with van der Waals surface area (Å²) >= 11 is 7.06. The summed E-state index contributed by atoms with van der Waals surface area (Å²) in [5.74, 6) is 1.37. The van der Waals surface area contributed by atoms with Gasteiger partial charge in [0.05, 0.1) is 19.4 Å². The lowest BCUT2D eigenvalue weighted by Gasteiger charge is -2.09. The van der Waals surface area contributed by atoms with Crippen LogP contribution in [0.5, 0.6) is 11.5 Å². The molecule has 0 atom stereocenters. The number of methoxy groups -OCH3 is 1. The number of amides is 1. The number of hydrogen-bond donors (Lipinski definition) is 1. The van der Waals surface area contributed by atoms with Crippen molar-refractivity contribution in [3.8, 4) is 17.2 Å². The molecule has 0 bridgehead atoms. The average Bonchev–Trinajstić information content (AvgIpc) is 3.19. The number of nitrogens with zero attached hydrogens (tertiary/aromatic N) is 4. The molecule has 28 heavy (non-hydrogen) atoms. The molecule has 0 unspecified atom stereocenters. The molecule has 8 nitrogen and oxygen atoms in total. The maximum absolute atomic E-state index is 12.1. The highest BCUT2D eigenvalue weighted by atomic mass is 35.5. The summed E-state index contributed by atoms with van der Waals surface area (Å²) in [5.41, 5.74) is 0.703. The summed E-state index contributed by atoms with van der Waals surface area (Å²) in [6, 6.07) is 14.4. The van der Waals surface area contributed by atoms with Crippen LogP contribution in [-0.4, -0.2) is 52.1 Å². The molecule has 10 heteroatoms. The van der Waals surface area contributed by atoms with Gasteiger partial charge in [-0.3, -0.25) is 4.79 Å². The number of rotatable bonds is 9. The summed E-state index contributed by atoms with van der Waals surface area (Å²) in [5, 5.41) is 15.6. The van der Waals surface area contributed by atoms with Gasteiger partial charge in [-0.1, -0.05) is 35.5 Å². The molecule has 0 radical (unpaired) electrons. The number of halogens is 1. The highest BCUT2D eigenvalue weighted by Crippen LogP contribution is 2.25. The number of tetrazole rings is 1. The Kier molecular flexibility index (Phi) is 7.10. The van der Waals surface area contributed by atoms with E-state index in [1.165, 1.54) is 11.8 Å². The number of nitrogens with one attached hydrogen (secondary N) is 1. The lowest BCUT2D eigenvalue weighted by Crippen LogP contribution is -2.29. The maximum Gasteiger partial charge on any atom is 0.230 e. The molecule has 1 amide bonds. The van der Waals surface area contributed by atoms with Gasteiger partial charge in [0.25, 0.3) is 0 Å². The molecule has 1 aromatic heterocycles. The van der Waals surface area contributed by atoms with E-state index < -0.39 is 0 Å². The molecule has 1 heterocycles. The van der Waals surface area contributed by atoms with E-state index in [4.69, 9.17) is 21.1 Å². The van der Waals surface area contributed by atoms with Gasteiger partial charge >= 0.3 is 0 Å². The first-order valence-corrected chi connectivity index (χ1v) is 9.73. The molecule has 0 aliphatic rings. The summed E-state index contributed by atoms with van der Waals surface area (Å²) in [7, 11) is 1.58. The van der Waals surface area contributed by atoms with Crippen LogP contribution in [0.2, 0.25) is 5.02 Å². The van der Waals surface area contributed by atoms with E-state index in [2.05, 4.69) is 20.8 Å². The van der Waals surface area contributed by atoms with Crippen molar-refractivity contribution in [3.63, 3.8) is 0 Å². The Morgan fingerprint density at radius 2 is 2.00 bits per heavy atom. The van der Waals surface area contributed by atoms with Crippen molar-refractivity contribution in [2.45, 2.75) is 5.16 Å². The zero-order chi connectivity index (χ0) is 19.8. The van der Waals surface area contributed by atoms with Gasteiger partial charge in [-0.15, -0.1) is 5.10 Å². The minimum absolute atomic E-state index is 0.140. The van der Waals surface area contributed by atoms with E-state index in [9.17, 15) is 4.79 Å². The Labute approximate surface area is 171 Å². The number of aromatic nitrogens is 4. The summed E-state index contributed by atoms with van der Waals surface area (Å²) in [6.07, 6.45) is 0. The second kappa shape index (κ2) is 9.95. The van der Waals surface area contributed by atoms with Crippen LogP contribution in [-0.2, 0) is 4.79 Å². The van der Waals surface area contributed by atoms with E-state index in [0.29, 0.717) is 40.5 Å². The highest BCUT2D eigenvalue weighted by molar-refractivity contribution is 7.99. The third kappa shape index (κ3) is 5.37. The van der Waals surface area contributed by atoms with Crippen molar-refractivity contribution in [2.75, 3.05) is 26.0 Å². The van der Waals surface area contributed by atoms with Crippen molar-refractivity contribution in [1.29, 1.82) is 0 Å². The van der Waals surface area contributed by atoms with Crippen LogP contribution in [0, 0.1) is 0 Å². The number of carbonyl (C=O) groups is 1. The SMILES string of the molecule is COc1ccccc1-n1nnnc1SCC(=O)NCCOc1ccc(Cl)cc1. The molecule has 1 N–H and O–H groups in total. The topological polar surface area (TPSA) is 91.2 Å². The fourth-order valence-corrected chi connectivity index (χ4v) is 3.14. The van der Waals surface area contributed by atoms with Crippen LogP contribution >= 0.6 is 23.4 Å². The van der Waals surface area contributed by atoms with E-state index in [1.807, 2.05) is 24.3 Å². The third-order valence-corrected chi connectivity index (χ3v) is 4.76. The lowest BCUT2D eigenvalue weighted by molar-refractivity contribution is -0.118. The molecule has 3 rings (SSSR count). The van der Waals surface area contributed by atoms with Crippen molar-refractivity contribution >= 4 is 29.3 Å². The zero-order valence-corrected chi connectivity index (χ0v) is 16.6. The smallest absolute Gasteiger partial charge is 0.230 e.